The van der Waals surface area contributed by atoms with Gasteiger partial charge >= 0.3 is 5.97 Å². The van der Waals surface area contributed by atoms with Crippen LogP contribution in [-0.4, -0.2) is 41.8 Å². The highest BCUT2D eigenvalue weighted by molar-refractivity contribution is 7.99. The maximum atomic E-state index is 11.6. The van der Waals surface area contributed by atoms with Gasteiger partial charge in [0.2, 0.25) is 12.7 Å². The number of nitrogens with one attached hydrogen (secondary N) is 1. The maximum Gasteiger partial charge on any atom is 0.313 e. The number of carbonyl (C=O) groups is 2. The first-order chi connectivity index (χ1) is 10.6. The van der Waals surface area contributed by atoms with Crippen molar-refractivity contribution in [1.82, 2.24) is 5.32 Å². The van der Waals surface area contributed by atoms with E-state index < -0.39 is 5.97 Å². The molecule has 0 spiro atoms. The van der Waals surface area contributed by atoms with Crippen LogP contribution < -0.4 is 14.8 Å². The normalized spacial score (nSPS) is 12.6. The van der Waals surface area contributed by atoms with Gasteiger partial charge < -0.3 is 19.9 Å². The molecule has 1 aromatic rings. The van der Waals surface area contributed by atoms with E-state index in [2.05, 4.69) is 5.32 Å². The smallest absolute Gasteiger partial charge is 0.313 e. The monoisotopic (exact) mass is 343 g/mol. The second-order valence-corrected chi connectivity index (χ2v) is 5.82. The molecule has 0 unspecified atom stereocenters. The summed E-state index contributed by atoms with van der Waals surface area (Å²) in [5.74, 6) is 0.514. The molecule has 6 nitrogen and oxygen atoms in total. The van der Waals surface area contributed by atoms with Gasteiger partial charge in [-0.25, -0.2) is 0 Å². The molecule has 0 bridgehead atoms. The van der Waals surface area contributed by atoms with Crippen molar-refractivity contribution in [2.75, 3.05) is 24.8 Å². The molecule has 0 aromatic heterocycles. The fourth-order valence-electron chi connectivity index (χ4n) is 1.72. The zero-order valence-electron chi connectivity index (χ0n) is 11.5. The number of carboxylic acids is 1. The van der Waals surface area contributed by atoms with Crippen LogP contribution in [0.25, 0.3) is 6.08 Å². The summed E-state index contributed by atoms with van der Waals surface area (Å²) in [7, 11) is 0. The van der Waals surface area contributed by atoms with Crippen LogP contribution >= 0.6 is 23.4 Å². The maximum absolute atomic E-state index is 11.6. The Bertz CT molecular complexity index is 605. The van der Waals surface area contributed by atoms with Gasteiger partial charge in [0, 0.05) is 18.4 Å². The lowest BCUT2D eigenvalue weighted by Crippen LogP contribution is -2.23. The van der Waals surface area contributed by atoms with E-state index in [0.717, 1.165) is 5.56 Å². The van der Waals surface area contributed by atoms with E-state index in [-0.39, 0.29) is 18.5 Å². The van der Waals surface area contributed by atoms with Crippen LogP contribution in [0.3, 0.4) is 0 Å². The van der Waals surface area contributed by atoms with E-state index in [1.54, 1.807) is 18.2 Å². The number of ether oxygens (including phenoxy) is 2. The number of hydrogen-bond donors (Lipinski definition) is 2. The fraction of sp³-hybridized carbons (Fsp3) is 0.286. The fourth-order valence-corrected chi connectivity index (χ4v) is 2.56. The van der Waals surface area contributed by atoms with Crippen molar-refractivity contribution in [3.05, 3.63) is 28.8 Å². The quantitative estimate of drug-likeness (QED) is 0.582. The zero-order chi connectivity index (χ0) is 15.9. The number of rotatable bonds is 7. The van der Waals surface area contributed by atoms with Gasteiger partial charge in [0.25, 0.3) is 0 Å². The topological polar surface area (TPSA) is 84.9 Å². The summed E-state index contributed by atoms with van der Waals surface area (Å²) in [6.45, 7) is 0.541. The molecule has 0 saturated carbocycles. The van der Waals surface area contributed by atoms with Crippen LogP contribution in [0.5, 0.6) is 11.5 Å². The van der Waals surface area contributed by atoms with Crippen LogP contribution in [0.4, 0.5) is 0 Å². The second-order valence-electron chi connectivity index (χ2n) is 4.31. The Kier molecular flexibility index (Phi) is 5.97. The van der Waals surface area contributed by atoms with Crippen molar-refractivity contribution in [3.63, 3.8) is 0 Å². The SMILES string of the molecule is O=C(O)CSCCNC(=O)C=Cc1cc(Cl)c2c(c1)OCO2. The number of amides is 1. The molecule has 1 aromatic carbocycles. The number of hydrogen-bond acceptors (Lipinski definition) is 5. The molecule has 2 N–H and O–H groups in total. The summed E-state index contributed by atoms with van der Waals surface area (Å²) >= 11 is 7.29. The molecule has 8 heteroatoms. The first-order valence-corrected chi connectivity index (χ1v) is 7.94. The third-order valence-electron chi connectivity index (χ3n) is 2.65. The third kappa shape index (κ3) is 4.85. The Morgan fingerprint density at radius 2 is 2.23 bits per heavy atom. The summed E-state index contributed by atoms with van der Waals surface area (Å²) in [6, 6.07) is 3.42. The Morgan fingerprint density at radius 1 is 1.41 bits per heavy atom. The van der Waals surface area contributed by atoms with Gasteiger partial charge in [-0.2, -0.15) is 0 Å². The molecule has 0 fully saturated rings. The standard InChI is InChI=1S/C14H14ClNO5S/c15-10-5-9(6-11-14(10)21-8-20-11)1-2-12(17)16-3-4-22-7-13(18)19/h1-2,5-6H,3-4,7-8H2,(H,16,17)(H,18,19). The summed E-state index contributed by atoms with van der Waals surface area (Å²) < 4.78 is 10.4. The number of benzene rings is 1. The van der Waals surface area contributed by atoms with E-state index in [1.807, 2.05) is 0 Å². The van der Waals surface area contributed by atoms with Crippen LogP contribution in [0, 0.1) is 0 Å². The van der Waals surface area contributed by atoms with Crippen molar-refractivity contribution in [2.24, 2.45) is 0 Å². The minimum absolute atomic E-state index is 0.0292. The van der Waals surface area contributed by atoms with Crippen LogP contribution in [0.15, 0.2) is 18.2 Å². The molecule has 118 valence electrons. The molecule has 0 aliphatic carbocycles. The average molecular weight is 344 g/mol. The van der Waals surface area contributed by atoms with Crippen molar-refractivity contribution in [3.8, 4) is 11.5 Å². The molecule has 1 aliphatic heterocycles. The Labute approximate surface area is 136 Å². The van der Waals surface area contributed by atoms with Crippen molar-refractivity contribution < 1.29 is 24.2 Å². The van der Waals surface area contributed by atoms with Gasteiger partial charge in [-0.3, -0.25) is 9.59 Å². The highest BCUT2D eigenvalue weighted by Crippen LogP contribution is 2.39. The highest BCUT2D eigenvalue weighted by Gasteiger charge is 2.17. The minimum atomic E-state index is -0.865. The van der Waals surface area contributed by atoms with Gasteiger partial charge in [-0.15, -0.1) is 11.8 Å². The molecule has 2 rings (SSSR count). The molecular weight excluding hydrogens is 330 g/mol. The first kappa shape index (κ1) is 16.5. The highest BCUT2D eigenvalue weighted by atomic mass is 35.5. The molecule has 1 heterocycles. The van der Waals surface area contributed by atoms with E-state index >= 15 is 0 Å². The second kappa shape index (κ2) is 7.95. The molecular formula is C14H14ClNO5S. The predicted molar refractivity (Wildman–Crippen MR) is 84.6 cm³/mol. The average Bonchev–Trinajstić information content (AvgIpc) is 2.93. The van der Waals surface area contributed by atoms with Crippen LogP contribution in [-0.2, 0) is 9.59 Å². The lowest BCUT2D eigenvalue weighted by Gasteiger charge is -2.02. The Hall–Kier alpha value is -1.86. The molecule has 0 saturated heterocycles. The lowest BCUT2D eigenvalue weighted by molar-refractivity contribution is -0.133. The predicted octanol–water partition coefficient (Wildman–Crippen LogP) is 2.02. The van der Waals surface area contributed by atoms with Crippen LogP contribution in [0.1, 0.15) is 5.56 Å². The minimum Gasteiger partial charge on any atom is -0.481 e. The van der Waals surface area contributed by atoms with Crippen molar-refractivity contribution in [2.45, 2.75) is 0 Å². The molecule has 0 radical (unpaired) electrons. The van der Waals surface area contributed by atoms with E-state index in [1.165, 1.54) is 17.8 Å². The van der Waals surface area contributed by atoms with Gasteiger partial charge in [0.15, 0.2) is 11.5 Å². The zero-order valence-corrected chi connectivity index (χ0v) is 13.1. The first-order valence-electron chi connectivity index (χ1n) is 6.41. The number of thioether (sulfide) groups is 1. The third-order valence-corrected chi connectivity index (χ3v) is 3.87. The van der Waals surface area contributed by atoms with Crippen molar-refractivity contribution >= 4 is 41.3 Å². The van der Waals surface area contributed by atoms with Crippen LogP contribution in [0.2, 0.25) is 5.02 Å². The molecule has 1 amide bonds. The number of halogens is 1. The number of carbonyl (C=O) groups excluding carboxylic acids is 1. The largest absolute Gasteiger partial charge is 0.481 e. The number of fused-ring (bicyclic) bond motifs is 1. The Balaban J connectivity index is 1.80. The summed E-state index contributed by atoms with van der Waals surface area (Å²) in [5, 5.41) is 11.6. The van der Waals surface area contributed by atoms with Crippen molar-refractivity contribution in [1.29, 1.82) is 0 Å². The molecule has 22 heavy (non-hydrogen) atoms. The van der Waals surface area contributed by atoms with Gasteiger partial charge in [-0.05, 0) is 23.8 Å². The number of carboxylic acid groups (broad SMARTS) is 1. The molecule has 0 atom stereocenters. The van der Waals surface area contributed by atoms with E-state index in [4.69, 9.17) is 26.2 Å². The van der Waals surface area contributed by atoms with Gasteiger partial charge in [-0.1, -0.05) is 11.6 Å². The van der Waals surface area contributed by atoms with Gasteiger partial charge in [0.1, 0.15) is 0 Å². The Morgan fingerprint density at radius 3 is 3.00 bits per heavy atom. The summed E-state index contributed by atoms with van der Waals surface area (Å²) in [6.07, 6.45) is 3.00. The summed E-state index contributed by atoms with van der Waals surface area (Å²) in [4.78, 5) is 21.9. The summed E-state index contributed by atoms with van der Waals surface area (Å²) in [5.41, 5.74) is 0.727. The van der Waals surface area contributed by atoms with E-state index in [9.17, 15) is 9.59 Å². The number of aliphatic carboxylic acids is 1. The van der Waals surface area contributed by atoms with Gasteiger partial charge in [0.05, 0.1) is 10.8 Å². The lowest BCUT2D eigenvalue weighted by atomic mass is 10.2. The van der Waals surface area contributed by atoms with E-state index in [0.29, 0.717) is 28.8 Å². The molecule has 1 aliphatic rings.